The Hall–Kier alpha value is -2.74. The van der Waals surface area contributed by atoms with Crippen molar-refractivity contribution >= 4 is 5.69 Å². The van der Waals surface area contributed by atoms with Crippen LogP contribution in [0, 0.1) is 18.3 Å². The van der Waals surface area contributed by atoms with Crippen molar-refractivity contribution in [2.24, 2.45) is 0 Å². The number of benzene rings is 1. The number of nitriles is 1. The minimum atomic E-state index is -0.463. The van der Waals surface area contributed by atoms with Gasteiger partial charge in [0.15, 0.2) is 0 Å². The van der Waals surface area contributed by atoms with Crippen molar-refractivity contribution in [1.29, 1.82) is 5.26 Å². The number of aromatic amines is 1. The van der Waals surface area contributed by atoms with Gasteiger partial charge in [-0.1, -0.05) is 12.1 Å². The van der Waals surface area contributed by atoms with Gasteiger partial charge in [0, 0.05) is 11.3 Å². The van der Waals surface area contributed by atoms with E-state index in [1.54, 1.807) is 26.2 Å². The maximum atomic E-state index is 11.6. The number of pyridine rings is 1. The average Bonchev–Trinajstić information content (AvgIpc) is 2.39. The molecule has 3 N–H and O–H groups in total. The molecule has 5 nitrogen and oxygen atoms in total. The highest BCUT2D eigenvalue weighted by atomic mass is 16.5. The highest BCUT2D eigenvalue weighted by Gasteiger charge is 2.14. The van der Waals surface area contributed by atoms with Gasteiger partial charge in [-0.05, 0) is 24.6 Å². The monoisotopic (exact) mass is 255 g/mol. The highest BCUT2D eigenvalue weighted by molar-refractivity contribution is 5.81. The molecule has 0 saturated carbocycles. The lowest BCUT2D eigenvalue weighted by atomic mass is 10.00. The number of hydrogen-bond donors (Lipinski definition) is 2. The summed E-state index contributed by atoms with van der Waals surface area (Å²) in [4.78, 5) is 14.2. The summed E-state index contributed by atoms with van der Waals surface area (Å²) in [6.45, 7) is 1.75. The number of methoxy groups -OCH3 is 1. The zero-order valence-corrected chi connectivity index (χ0v) is 10.7. The molecule has 2 aromatic rings. The molecular formula is C14H13N3O2. The molecule has 0 aliphatic carbocycles. The van der Waals surface area contributed by atoms with Crippen LogP contribution in [0.2, 0.25) is 0 Å². The predicted octanol–water partition coefficient (Wildman–Crippen LogP) is 1.81. The van der Waals surface area contributed by atoms with E-state index in [-0.39, 0.29) is 11.3 Å². The van der Waals surface area contributed by atoms with E-state index in [1.807, 2.05) is 18.2 Å². The minimum absolute atomic E-state index is 0.0589. The number of nitrogens with two attached hydrogens (primary N) is 1. The number of anilines is 1. The van der Waals surface area contributed by atoms with Crippen LogP contribution in [0.15, 0.2) is 29.1 Å². The molecule has 0 bridgehead atoms. The molecular weight excluding hydrogens is 242 g/mol. The summed E-state index contributed by atoms with van der Waals surface area (Å²) in [7, 11) is 1.59. The summed E-state index contributed by atoms with van der Waals surface area (Å²) in [5.74, 6) is 0.727. The van der Waals surface area contributed by atoms with E-state index in [9.17, 15) is 4.79 Å². The maximum absolute atomic E-state index is 11.6. The Morgan fingerprint density at radius 2 is 1.95 bits per heavy atom. The normalized spacial score (nSPS) is 9.95. The van der Waals surface area contributed by atoms with Crippen molar-refractivity contribution < 1.29 is 4.74 Å². The second kappa shape index (κ2) is 4.86. The molecule has 1 aromatic carbocycles. The van der Waals surface area contributed by atoms with Gasteiger partial charge in [-0.15, -0.1) is 0 Å². The Morgan fingerprint density at radius 3 is 2.47 bits per heavy atom. The zero-order valence-electron chi connectivity index (χ0n) is 10.7. The second-order valence-corrected chi connectivity index (χ2v) is 4.08. The summed E-state index contributed by atoms with van der Waals surface area (Å²) >= 11 is 0. The van der Waals surface area contributed by atoms with Gasteiger partial charge in [0.25, 0.3) is 5.56 Å². The zero-order chi connectivity index (χ0) is 14.0. The van der Waals surface area contributed by atoms with Gasteiger partial charge < -0.3 is 15.5 Å². The van der Waals surface area contributed by atoms with Crippen LogP contribution in [0.5, 0.6) is 5.75 Å². The van der Waals surface area contributed by atoms with Gasteiger partial charge in [-0.3, -0.25) is 4.79 Å². The number of aryl methyl sites for hydroxylation is 1. The standard InChI is InChI=1S/C14H13N3O2/c1-8-12(9-3-5-10(19-2)6-4-9)13(16)11(7-15)14(18)17-8/h3-6H,1-2H3,(H3,16,17,18). The van der Waals surface area contributed by atoms with Gasteiger partial charge in [0.2, 0.25) is 0 Å². The SMILES string of the molecule is COc1ccc(-c2c(C)[nH]c(=O)c(C#N)c2N)cc1. The van der Waals surface area contributed by atoms with E-state index in [0.29, 0.717) is 11.3 Å². The number of ether oxygens (including phenoxy) is 1. The second-order valence-electron chi connectivity index (χ2n) is 4.08. The van der Waals surface area contributed by atoms with Crippen LogP contribution in [0.1, 0.15) is 11.3 Å². The van der Waals surface area contributed by atoms with Crippen LogP contribution in [0.3, 0.4) is 0 Å². The third kappa shape index (κ3) is 2.16. The molecule has 5 heteroatoms. The van der Waals surface area contributed by atoms with Crippen LogP contribution in [0.25, 0.3) is 11.1 Å². The fourth-order valence-corrected chi connectivity index (χ4v) is 1.99. The molecule has 0 radical (unpaired) electrons. The van der Waals surface area contributed by atoms with E-state index in [1.165, 1.54) is 0 Å². The van der Waals surface area contributed by atoms with E-state index in [2.05, 4.69) is 4.98 Å². The number of H-pyrrole nitrogens is 1. The minimum Gasteiger partial charge on any atom is -0.497 e. The number of nitrogens with zero attached hydrogens (tertiary/aromatic N) is 1. The number of hydrogen-bond acceptors (Lipinski definition) is 4. The largest absolute Gasteiger partial charge is 0.497 e. The fourth-order valence-electron chi connectivity index (χ4n) is 1.99. The maximum Gasteiger partial charge on any atom is 0.268 e. The molecule has 1 aromatic heterocycles. The van der Waals surface area contributed by atoms with E-state index in [4.69, 9.17) is 15.7 Å². The van der Waals surface area contributed by atoms with Crippen molar-refractivity contribution in [3.63, 3.8) is 0 Å². The molecule has 0 fully saturated rings. The third-order valence-corrected chi connectivity index (χ3v) is 2.93. The lowest BCUT2D eigenvalue weighted by Crippen LogP contribution is -2.16. The van der Waals surface area contributed by atoms with Crippen LogP contribution < -0.4 is 16.0 Å². The topological polar surface area (TPSA) is 91.9 Å². The molecule has 19 heavy (non-hydrogen) atoms. The Bertz CT molecular complexity index is 709. The van der Waals surface area contributed by atoms with Crippen molar-refractivity contribution in [3.8, 4) is 22.9 Å². The van der Waals surface area contributed by atoms with Crippen molar-refractivity contribution in [3.05, 3.63) is 45.9 Å². The molecule has 1 heterocycles. The van der Waals surface area contributed by atoms with Gasteiger partial charge >= 0.3 is 0 Å². The van der Waals surface area contributed by atoms with E-state index >= 15 is 0 Å². The average molecular weight is 255 g/mol. The fraction of sp³-hybridized carbons (Fsp3) is 0.143. The molecule has 96 valence electrons. The molecule has 0 saturated heterocycles. The van der Waals surface area contributed by atoms with E-state index < -0.39 is 5.56 Å². The Kier molecular flexibility index (Phi) is 3.25. The smallest absolute Gasteiger partial charge is 0.268 e. The Morgan fingerprint density at radius 1 is 1.32 bits per heavy atom. The lowest BCUT2D eigenvalue weighted by Gasteiger charge is -2.11. The lowest BCUT2D eigenvalue weighted by molar-refractivity contribution is 0.415. The molecule has 0 amide bonds. The quantitative estimate of drug-likeness (QED) is 0.856. The Balaban J connectivity index is 2.68. The van der Waals surface area contributed by atoms with Crippen LogP contribution >= 0.6 is 0 Å². The summed E-state index contributed by atoms with van der Waals surface area (Å²) in [5.41, 5.74) is 7.72. The van der Waals surface area contributed by atoms with Crippen LogP contribution in [-0.2, 0) is 0 Å². The number of nitrogen functional groups attached to an aromatic ring is 1. The van der Waals surface area contributed by atoms with Gasteiger partial charge in [-0.25, -0.2) is 0 Å². The molecule has 2 rings (SSSR count). The molecule has 0 aliphatic heterocycles. The van der Waals surface area contributed by atoms with Crippen LogP contribution in [0.4, 0.5) is 5.69 Å². The number of nitrogens with one attached hydrogen (secondary N) is 1. The first-order valence-corrected chi connectivity index (χ1v) is 5.65. The third-order valence-electron chi connectivity index (χ3n) is 2.93. The van der Waals surface area contributed by atoms with Crippen molar-refractivity contribution in [1.82, 2.24) is 4.98 Å². The van der Waals surface area contributed by atoms with Crippen molar-refractivity contribution in [2.45, 2.75) is 6.92 Å². The highest BCUT2D eigenvalue weighted by Crippen LogP contribution is 2.30. The van der Waals surface area contributed by atoms with Gasteiger partial charge in [-0.2, -0.15) is 5.26 Å². The van der Waals surface area contributed by atoms with Crippen LogP contribution in [-0.4, -0.2) is 12.1 Å². The number of rotatable bonds is 2. The van der Waals surface area contributed by atoms with E-state index in [0.717, 1.165) is 11.3 Å². The number of aromatic nitrogens is 1. The summed E-state index contributed by atoms with van der Waals surface area (Å²) in [6, 6.07) is 9.08. The summed E-state index contributed by atoms with van der Waals surface area (Å²) in [5, 5.41) is 8.97. The first-order valence-electron chi connectivity index (χ1n) is 5.65. The molecule has 0 spiro atoms. The molecule has 0 unspecified atom stereocenters. The molecule has 0 atom stereocenters. The van der Waals surface area contributed by atoms with Gasteiger partial charge in [0.1, 0.15) is 17.4 Å². The summed E-state index contributed by atoms with van der Waals surface area (Å²) in [6.07, 6.45) is 0. The van der Waals surface area contributed by atoms with Gasteiger partial charge in [0.05, 0.1) is 12.8 Å². The predicted molar refractivity (Wildman–Crippen MR) is 72.9 cm³/mol. The molecule has 0 aliphatic rings. The first kappa shape index (κ1) is 12.7. The first-order chi connectivity index (χ1) is 9.08. The summed E-state index contributed by atoms with van der Waals surface area (Å²) < 4.78 is 5.09. The Labute approximate surface area is 110 Å². The van der Waals surface area contributed by atoms with Crippen molar-refractivity contribution in [2.75, 3.05) is 12.8 Å².